The van der Waals surface area contributed by atoms with Gasteiger partial charge in [0.05, 0.1) is 5.56 Å². The maximum absolute atomic E-state index is 12.4. The Morgan fingerprint density at radius 2 is 1.76 bits per heavy atom. The molecule has 17 heavy (non-hydrogen) atoms. The lowest BCUT2D eigenvalue weighted by molar-refractivity contribution is -0.137. The predicted octanol–water partition coefficient (Wildman–Crippen LogP) is 3.86. The molecule has 1 aromatic carbocycles. The van der Waals surface area contributed by atoms with Crippen LogP contribution in [-0.2, 0) is 6.18 Å². The highest BCUT2D eigenvalue weighted by Crippen LogP contribution is 2.30. The van der Waals surface area contributed by atoms with Gasteiger partial charge in [0.2, 0.25) is 0 Å². The predicted molar refractivity (Wildman–Crippen MR) is 62.0 cm³/mol. The zero-order valence-electron chi connectivity index (χ0n) is 9.59. The molecule has 0 saturated heterocycles. The SMILES string of the molecule is CC1=CCN(c2ccc(C(F)(F)F)cc2)CC1. The molecule has 0 N–H and O–H groups in total. The van der Waals surface area contributed by atoms with Gasteiger partial charge in [-0.3, -0.25) is 0 Å². The summed E-state index contributed by atoms with van der Waals surface area (Å²) in [5.74, 6) is 0. The van der Waals surface area contributed by atoms with E-state index in [4.69, 9.17) is 0 Å². The van der Waals surface area contributed by atoms with E-state index in [1.807, 2.05) is 0 Å². The van der Waals surface area contributed by atoms with E-state index >= 15 is 0 Å². The highest BCUT2D eigenvalue weighted by Gasteiger charge is 2.30. The van der Waals surface area contributed by atoms with E-state index in [0.717, 1.165) is 37.3 Å². The quantitative estimate of drug-likeness (QED) is 0.675. The van der Waals surface area contributed by atoms with Crippen LogP contribution in [0.2, 0.25) is 0 Å². The molecular weight excluding hydrogens is 227 g/mol. The lowest BCUT2D eigenvalue weighted by atomic mass is 10.1. The zero-order chi connectivity index (χ0) is 12.5. The lowest BCUT2D eigenvalue weighted by Crippen LogP contribution is -2.28. The summed E-state index contributed by atoms with van der Waals surface area (Å²) in [4.78, 5) is 2.08. The molecule has 1 aliphatic rings. The van der Waals surface area contributed by atoms with Crippen LogP contribution in [-0.4, -0.2) is 13.1 Å². The van der Waals surface area contributed by atoms with Gasteiger partial charge < -0.3 is 4.90 Å². The van der Waals surface area contributed by atoms with Crippen LogP contribution in [0.4, 0.5) is 18.9 Å². The van der Waals surface area contributed by atoms with Crippen LogP contribution in [0.15, 0.2) is 35.9 Å². The van der Waals surface area contributed by atoms with E-state index < -0.39 is 11.7 Å². The number of hydrogen-bond donors (Lipinski definition) is 0. The standard InChI is InChI=1S/C13H14F3N/c1-10-6-8-17(9-7-10)12-4-2-11(3-5-12)13(14,15)16/h2-6H,7-9H2,1H3. The summed E-state index contributed by atoms with van der Waals surface area (Å²) < 4.78 is 37.2. The smallest absolute Gasteiger partial charge is 0.367 e. The van der Waals surface area contributed by atoms with Gasteiger partial charge in [0.15, 0.2) is 0 Å². The molecular formula is C13H14F3N. The van der Waals surface area contributed by atoms with Gasteiger partial charge >= 0.3 is 6.18 Å². The molecule has 0 atom stereocenters. The summed E-state index contributed by atoms with van der Waals surface area (Å²) in [7, 11) is 0. The Morgan fingerprint density at radius 3 is 2.24 bits per heavy atom. The first-order valence-electron chi connectivity index (χ1n) is 5.54. The number of alkyl halides is 3. The summed E-state index contributed by atoms with van der Waals surface area (Å²) in [5.41, 5.74) is 1.60. The van der Waals surface area contributed by atoms with E-state index in [-0.39, 0.29) is 0 Å². The summed E-state index contributed by atoms with van der Waals surface area (Å²) >= 11 is 0. The van der Waals surface area contributed by atoms with E-state index in [2.05, 4.69) is 17.9 Å². The number of nitrogens with zero attached hydrogens (tertiary/aromatic N) is 1. The third-order valence-electron chi connectivity index (χ3n) is 3.00. The molecule has 1 heterocycles. The molecule has 1 aromatic rings. The molecule has 92 valence electrons. The molecule has 1 aliphatic heterocycles. The molecule has 1 nitrogen and oxygen atoms in total. The fraction of sp³-hybridized carbons (Fsp3) is 0.385. The molecule has 0 bridgehead atoms. The first kappa shape index (κ1) is 12.0. The Morgan fingerprint density at radius 1 is 1.12 bits per heavy atom. The minimum atomic E-state index is -4.25. The van der Waals surface area contributed by atoms with Gasteiger partial charge in [-0.2, -0.15) is 13.2 Å². The second-order valence-electron chi connectivity index (χ2n) is 4.29. The van der Waals surface area contributed by atoms with Gasteiger partial charge in [-0.25, -0.2) is 0 Å². The minimum absolute atomic E-state index is 0.593. The highest BCUT2D eigenvalue weighted by atomic mass is 19.4. The van der Waals surface area contributed by atoms with Gasteiger partial charge in [0, 0.05) is 18.8 Å². The molecule has 0 saturated carbocycles. The van der Waals surface area contributed by atoms with Gasteiger partial charge in [-0.15, -0.1) is 0 Å². The minimum Gasteiger partial charge on any atom is -0.367 e. The number of hydrogen-bond acceptors (Lipinski definition) is 1. The van der Waals surface area contributed by atoms with Crippen molar-refractivity contribution >= 4 is 5.69 Å². The summed E-state index contributed by atoms with van der Waals surface area (Å²) in [6, 6.07) is 5.36. The fourth-order valence-corrected chi connectivity index (χ4v) is 1.87. The van der Waals surface area contributed by atoms with Crippen molar-refractivity contribution in [3.63, 3.8) is 0 Å². The maximum Gasteiger partial charge on any atom is 0.416 e. The highest BCUT2D eigenvalue weighted by molar-refractivity contribution is 5.49. The largest absolute Gasteiger partial charge is 0.416 e. The van der Waals surface area contributed by atoms with E-state index in [0.29, 0.717) is 0 Å². The molecule has 0 unspecified atom stereocenters. The molecule has 0 fully saturated rings. The number of rotatable bonds is 1. The molecule has 0 radical (unpaired) electrons. The van der Waals surface area contributed by atoms with Gasteiger partial charge in [0.1, 0.15) is 0 Å². The Balaban J connectivity index is 2.14. The van der Waals surface area contributed by atoms with Crippen LogP contribution >= 0.6 is 0 Å². The Bertz CT molecular complexity index is 417. The summed E-state index contributed by atoms with van der Waals surface area (Å²) in [5, 5.41) is 0. The van der Waals surface area contributed by atoms with Crippen molar-refractivity contribution in [1.82, 2.24) is 0 Å². The Hall–Kier alpha value is -1.45. The normalized spacial score (nSPS) is 16.9. The van der Waals surface area contributed by atoms with Crippen LogP contribution in [0.5, 0.6) is 0 Å². The van der Waals surface area contributed by atoms with E-state index in [9.17, 15) is 13.2 Å². The van der Waals surface area contributed by atoms with Crippen molar-refractivity contribution in [1.29, 1.82) is 0 Å². The van der Waals surface area contributed by atoms with Gasteiger partial charge in [0.25, 0.3) is 0 Å². The van der Waals surface area contributed by atoms with Crippen LogP contribution in [0.25, 0.3) is 0 Å². The van der Waals surface area contributed by atoms with Crippen LogP contribution in [0, 0.1) is 0 Å². The van der Waals surface area contributed by atoms with Crippen molar-refractivity contribution in [2.45, 2.75) is 19.5 Å². The molecule has 4 heteroatoms. The Kier molecular flexibility index (Phi) is 3.13. The van der Waals surface area contributed by atoms with Crippen LogP contribution in [0.3, 0.4) is 0 Å². The van der Waals surface area contributed by atoms with E-state index in [1.165, 1.54) is 17.7 Å². The molecule has 2 rings (SSSR count). The number of halogens is 3. The number of benzene rings is 1. The average Bonchev–Trinajstić information content (AvgIpc) is 2.29. The van der Waals surface area contributed by atoms with Crippen LogP contribution in [0.1, 0.15) is 18.9 Å². The maximum atomic E-state index is 12.4. The zero-order valence-corrected chi connectivity index (χ0v) is 9.59. The first-order chi connectivity index (χ1) is 7.97. The second-order valence-corrected chi connectivity index (χ2v) is 4.29. The molecule has 0 aliphatic carbocycles. The number of anilines is 1. The van der Waals surface area contributed by atoms with Crippen LogP contribution < -0.4 is 4.90 Å². The topological polar surface area (TPSA) is 3.24 Å². The summed E-state index contributed by atoms with van der Waals surface area (Å²) in [6.45, 7) is 3.72. The van der Waals surface area contributed by atoms with Gasteiger partial charge in [-0.05, 0) is 37.6 Å². The van der Waals surface area contributed by atoms with E-state index in [1.54, 1.807) is 0 Å². The van der Waals surface area contributed by atoms with Crippen molar-refractivity contribution in [2.75, 3.05) is 18.0 Å². The monoisotopic (exact) mass is 241 g/mol. The Labute approximate surface area is 98.5 Å². The van der Waals surface area contributed by atoms with Crippen molar-refractivity contribution in [2.24, 2.45) is 0 Å². The third kappa shape index (κ3) is 2.81. The second kappa shape index (κ2) is 4.43. The van der Waals surface area contributed by atoms with Crippen molar-refractivity contribution < 1.29 is 13.2 Å². The summed E-state index contributed by atoms with van der Waals surface area (Å²) in [6.07, 6.45) is -1.17. The lowest BCUT2D eigenvalue weighted by Gasteiger charge is -2.27. The van der Waals surface area contributed by atoms with Crippen molar-refractivity contribution in [3.05, 3.63) is 41.5 Å². The first-order valence-corrected chi connectivity index (χ1v) is 5.54. The molecule has 0 amide bonds. The van der Waals surface area contributed by atoms with Crippen molar-refractivity contribution in [3.8, 4) is 0 Å². The average molecular weight is 241 g/mol. The molecule has 0 spiro atoms. The molecule has 0 aromatic heterocycles. The fourth-order valence-electron chi connectivity index (χ4n) is 1.87. The van der Waals surface area contributed by atoms with Gasteiger partial charge in [-0.1, -0.05) is 11.6 Å². The third-order valence-corrected chi connectivity index (χ3v) is 3.00.